The summed E-state index contributed by atoms with van der Waals surface area (Å²) >= 11 is 0. The minimum absolute atomic E-state index is 0.287. The summed E-state index contributed by atoms with van der Waals surface area (Å²) in [6.07, 6.45) is 1.57. The third kappa shape index (κ3) is 4.82. The number of amides is 2. The van der Waals surface area contributed by atoms with Gasteiger partial charge in [-0.2, -0.15) is 0 Å². The van der Waals surface area contributed by atoms with Crippen molar-refractivity contribution in [1.29, 1.82) is 0 Å². The molecular formula is C21H23N5O. The number of anilines is 3. The summed E-state index contributed by atoms with van der Waals surface area (Å²) < 4.78 is 0. The molecule has 0 bridgehead atoms. The predicted octanol–water partition coefficient (Wildman–Crippen LogP) is 4.63. The van der Waals surface area contributed by atoms with Crippen molar-refractivity contribution in [1.82, 2.24) is 9.97 Å². The fraction of sp³-hybridized carbons (Fsp3) is 0.190. The molecule has 6 nitrogen and oxygen atoms in total. The van der Waals surface area contributed by atoms with Gasteiger partial charge in [-0.3, -0.25) is 0 Å². The first-order chi connectivity index (χ1) is 13.2. The molecule has 3 rings (SSSR count). The summed E-state index contributed by atoms with van der Waals surface area (Å²) in [5.41, 5.74) is 3.18. The van der Waals surface area contributed by atoms with Crippen molar-refractivity contribution in [3.05, 3.63) is 67.0 Å². The van der Waals surface area contributed by atoms with Gasteiger partial charge in [0.2, 0.25) is 0 Å². The highest BCUT2D eigenvalue weighted by atomic mass is 16.2. The zero-order valence-corrected chi connectivity index (χ0v) is 15.5. The van der Waals surface area contributed by atoms with Crippen molar-refractivity contribution in [3.8, 4) is 11.3 Å². The number of hydrogen-bond acceptors (Lipinski definition) is 4. The minimum Gasteiger partial charge on any atom is -0.357 e. The van der Waals surface area contributed by atoms with Crippen LogP contribution in [0, 0.1) is 0 Å². The molecule has 0 atom stereocenters. The van der Waals surface area contributed by atoms with Crippen LogP contribution in [0.2, 0.25) is 0 Å². The van der Waals surface area contributed by atoms with E-state index in [-0.39, 0.29) is 6.03 Å². The van der Waals surface area contributed by atoms with Crippen molar-refractivity contribution in [2.24, 2.45) is 0 Å². The van der Waals surface area contributed by atoms with Gasteiger partial charge in [-0.15, -0.1) is 0 Å². The molecule has 0 fully saturated rings. The van der Waals surface area contributed by atoms with Crippen LogP contribution in [-0.2, 0) is 0 Å². The number of nitrogens with one attached hydrogen (secondary N) is 2. The number of rotatable bonds is 6. The third-order valence-corrected chi connectivity index (χ3v) is 4.19. The Bertz CT molecular complexity index is 894. The van der Waals surface area contributed by atoms with Crippen molar-refractivity contribution >= 4 is 23.2 Å². The number of carbonyl (C=O) groups is 1. The fourth-order valence-corrected chi connectivity index (χ4v) is 2.80. The third-order valence-electron chi connectivity index (χ3n) is 4.19. The molecule has 0 unspecified atom stereocenters. The molecule has 1 aromatic heterocycles. The van der Waals surface area contributed by atoms with E-state index in [9.17, 15) is 4.79 Å². The van der Waals surface area contributed by atoms with Crippen molar-refractivity contribution in [2.45, 2.75) is 13.8 Å². The first-order valence-electron chi connectivity index (χ1n) is 9.00. The second-order valence-corrected chi connectivity index (χ2v) is 5.96. The molecule has 0 saturated heterocycles. The Labute approximate surface area is 159 Å². The molecule has 2 aromatic carbocycles. The summed E-state index contributed by atoms with van der Waals surface area (Å²) in [7, 11) is 0. The summed E-state index contributed by atoms with van der Waals surface area (Å²) in [6, 6.07) is 18.6. The van der Waals surface area contributed by atoms with Gasteiger partial charge in [-0.05, 0) is 38.1 Å². The Hall–Kier alpha value is -3.41. The van der Waals surface area contributed by atoms with Crippen LogP contribution in [0.3, 0.4) is 0 Å². The molecular weight excluding hydrogens is 338 g/mol. The van der Waals surface area contributed by atoms with Crippen LogP contribution in [0.25, 0.3) is 11.3 Å². The highest BCUT2D eigenvalue weighted by molar-refractivity contribution is 6.00. The summed E-state index contributed by atoms with van der Waals surface area (Å²) in [6.45, 7) is 5.96. The standard InChI is InChI=1S/C21H23N5O/c1-3-26(4-2)20-14-19(22-15-23-20)16-9-8-12-18(13-16)25-21(27)24-17-10-6-5-7-11-17/h5-15H,3-4H2,1-2H3,(H2,24,25,27). The van der Waals surface area contributed by atoms with Crippen LogP contribution < -0.4 is 15.5 Å². The van der Waals surface area contributed by atoms with E-state index in [1.165, 1.54) is 0 Å². The Morgan fingerprint density at radius 2 is 1.59 bits per heavy atom. The Kier molecular flexibility index (Phi) is 5.99. The zero-order valence-electron chi connectivity index (χ0n) is 15.5. The van der Waals surface area contributed by atoms with E-state index < -0.39 is 0 Å². The van der Waals surface area contributed by atoms with Gasteiger partial charge in [0, 0.05) is 36.1 Å². The molecule has 27 heavy (non-hydrogen) atoms. The lowest BCUT2D eigenvalue weighted by molar-refractivity contribution is 0.262. The number of carbonyl (C=O) groups excluding carboxylic acids is 1. The largest absolute Gasteiger partial charge is 0.357 e. The lowest BCUT2D eigenvalue weighted by atomic mass is 10.1. The number of nitrogens with zero attached hydrogens (tertiary/aromatic N) is 3. The van der Waals surface area contributed by atoms with Gasteiger partial charge in [0.25, 0.3) is 0 Å². The van der Waals surface area contributed by atoms with Crippen LogP contribution in [0.1, 0.15) is 13.8 Å². The highest BCUT2D eigenvalue weighted by Gasteiger charge is 2.08. The average Bonchev–Trinajstić information content (AvgIpc) is 2.70. The number of hydrogen-bond donors (Lipinski definition) is 2. The number of benzene rings is 2. The smallest absolute Gasteiger partial charge is 0.323 e. The first-order valence-corrected chi connectivity index (χ1v) is 9.00. The SMILES string of the molecule is CCN(CC)c1cc(-c2cccc(NC(=O)Nc3ccccc3)c2)ncn1. The summed E-state index contributed by atoms with van der Waals surface area (Å²) in [5.74, 6) is 0.894. The number of urea groups is 1. The van der Waals surface area contributed by atoms with E-state index in [2.05, 4.69) is 39.3 Å². The minimum atomic E-state index is -0.287. The van der Waals surface area contributed by atoms with E-state index in [1.807, 2.05) is 60.7 Å². The van der Waals surface area contributed by atoms with E-state index in [4.69, 9.17) is 0 Å². The first kappa shape index (κ1) is 18.4. The van der Waals surface area contributed by atoms with Crippen LogP contribution >= 0.6 is 0 Å². The maximum absolute atomic E-state index is 12.2. The average molecular weight is 361 g/mol. The van der Waals surface area contributed by atoms with Crippen LogP contribution in [0.4, 0.5) is 22.0 Å². The van der Waals surface area contributed by atoms with E-state index >= 15 is 0 Å². The van der Waals surface area contributed by atoms with Gasteiger partial charge in [-0.25, -0.2) is 14.8 Å². The fourth-order valence-electron chi connectivity index (χ4n) is 2.80. The van der Waals surface area contributed by atoms with Gasteiger partial charge in [0.15, 0.2) is 0 Å². The maximum atomic E-state index is 12.2. The number of para-hydroxylation sites is 1. The highest BCUT2D eigenvalue weighted by Crippen LogP contribution is 2.23. The molecule has 1 heterocycles. The molecule has 0 aliphatic heterocycles. The summed E-state index contributed by atoms with van der Waals surface area (Å²) in [5, 5.41) is 5.66. The topological polar surface area (TPSA) is 70.2 Å². The van der Waals surface area contributed by atoms with E-state index in [0.717, 1.165) is 35.9 Å². The molecule has 6 heteroatoms. The summed E-state index contributed by atoms with van der Waals surface area (Å²) in [4.78, 5) is 23.1. The lowest BCUT2D eigenvalue weighted by Crippen LogP contribution is -2.23. The Morgan fingerprint density at radius 3 is 2.33 bits per heavy atom. The second kappa shape index (κ2) is 8.80. The molecule has 138 valence electrons. The van der Waals surface area contributed by atoms with Crippen molar-refractivity contribution in [3.63, 3.8) is 0 Å². The molecule has 2 amide bonds. The molecule has 0 aliphatic carbocycles. The van der Waals surface area contributed by atoms with E-state index in [1.54, 1.807) is 6.33 Å². The maximum Gasteiger partial charge on any atom is 0.323 e. The Morgan fingerprint density at radius 1 is 0.889 bits per heavy atom. The second-order valence-electron chi connectivity index (χ2n) is 5.96. The van der Waals surface area contributed by atoms with Crippen LogP contribution in [-0.4, -0.2) is 29.1 Å². The monoisotopic (exact) mass is 361 g/mol. The van der Waals surface area contributed by atoms with Crippen LogP contribution in [0.5, 0.6) is 0 Å². The molecule has 2 N–H and O–H groups in total. The zero-order chi connectivity index (χ0) is 19.1. The van der Waals surface area contributed by atoms with E-state index in [0.29, 0.717) is 5.69 Å². The van der Waals surface area contributed by atoms with Crippen molar-refractivity contribution < 1.29 is 4.79 Å². The van der Waals surface area contributed by atoms with Gasteiger partial charge in [0.05, 0.1) is 5.69 Å². The Balaban J connectivity index is 1.76. The van der Waals surface area contributed by atoms with Gasteiger partial charge >= 0.3 is 6.03 Å². The van der Waals surface area contributed by atoms with Gasteiger partial charge < -0.3 is 15.5 Å². The normalized spacial score (nSPS) is 10.3. The quantitative estimate of drug-likeness (QED) is 0.671. The molecule has 0 saturated carbocycles. The van der Waals surface area contributed by atoms with Gasteiger partial charge in [0.1, 0.15) is 12.1 Å². The molecule has 0 radical (unpaired) electrons. The lowest BCUT2D eigenvalue weighted by Gasteiger charge is -2.19. The molecule has 3 aromatic rings. The van der Waals surface area contributed by atoms with Crippen molar-refractivity contribution in [2.75, 3.05) is 28.6 Å². The number of aromatic nitrogens is 2. The van der Waals surface area contributed by atoms with Crippen LogP contribution in [0.15, 0.2) is 67.0 Å². The van der Waals surface area contributed by atoms with Gasteiger partial charge in [-0.1, -0.05) is 30.3 Å². The molecule has 0 aliphatic rings. The predicted molar refractivity (Wildman–Crippen MR) is 110 cm³/mol. The molecule has 0 spiro atoms.